The molecule has 0 atom stereocenters. The van der Waals surface area contributed by atoms with E-state index >= 15 is 0 Å². The number of hydrogen-bond acceptors (Lipinski definition) is 3. The Hall–Kier alpha value is -0.900. The minimum absolute atomic E-state index is 0.0613. The molecule has 2 N–H and O–H groups in total. The molecule has 0 unspecified atom stereocenters. The quantitative estimate of drug-likeness (QED) is 0.767. The molecule has 0 aliphatic heterocycles. The van der Waals surface area contributed by atoms with Crippen LogP contribution >= 0.6 is 0 Å². The molecular formula is C12H17NO2. The van der Waals surface area contributed by atoms with Gasteiger partial charge in [-0.25, -0.2) is 0 Å². The van der Waals surface area contributed by atoms with Crippen molar-refractivity contribution < 1.29 is 9.47 Å². The van der Waals surface area contributed by atoms with Gasteiger partial charge in [0, 0.05) is 25.3 Å². The second-order valence-corrected chi connectivity index (χ2v) is 4.08. The highest BCUT2D eigenvalue weighted by Gasteiger charge is 2.39. The molecule has 1 aromatic rings. The molecule has 0 bridgehead atoms. The molecule has 0 aromatic heterocycles. The third-order valence-corrected chi connectivity index (χ3v) is 2.97. The van der Waals surface area contributed by atoms with Crippen molar-refractivity contribution in [1.82, 2.24) is 0 Å². The molecule has 1 aliphatic carbocycles. The zero-order valence-electron chi connectivity index (χ0n) is 9.19. The van der Waals surface area contributed by atoms with Gasteiger partial charge in [0.2, 0.25) is 0 Å². The molecule has 0 spiro atoms. The van der Waals surface area contributed by atoms with Crippen molar-refractivity contribution in [1.29, 1.82) is 0 Å². The van der Waals surface area contributed by atoms with Crippen molar-refractivity contribution in [3.8, 4) is 0 Å². The van der Waals surface area contributed by atoms with E-state index in [2.05, 4.69) is 12.1 Å². The number of nitrogens with two attached hydrogens (primary N) is 1. The van der Waals surface area contributed by atoms with Gasteiger partial charge in [0.15, 0.2) is 6.29 Å². The summed E-state index contributed by atoms with van der Waals surface area (Å²) >= 11 is 0. The van der Waals surface area contributed by atoms with Gasteiger partial charge in [-0.3, -0.25) is 0 Å². The fourth-order valence-electron chi connectivity index (χ4n) is 1.76. The fraction of sp³-hybridized carbons (Fsp3) is 0.500. The second kappa shape index (κ2) is 3.93. The fourth-order valence-corrected chi connectivity index (χ4v) is 1.76. The molecule has 3 heteroatoms. The van der Waals surface area contributed by atoms with Crippen LogP contribution in [-0.4, -0.2) is 14.2 Å². The summed E-state index contributed by atoms with van der Waals surface area (Å²) in [5.74, 6) is 0. The number of benzene rings is 1. The molecule has 1 aliphatic rings. The smallest absolute Gasteiger partial charge is 0.183 e. The zero-order valence-corrected chi connectivity index (χ0v) is 9.19. The average Bonchev–Trinajstić information content (AvgIpc) is 3.01. The van der Waals surface area contributed by atoms with E-state index in [1.54, 1.807) is 14.2 Å². The number of rotatable bonds is 4. The predicted molar refractivity (Wildman–Crippen MR) is 58.3 cm³/mol. The molecule has 0 radical (unpaired) electrons. The van der Waals surface area contributed by atoms with Gasteiger partial charge in [-0.1, -0.05) is 24.3 Å². The van der Waals surface area contributed by atoms with Gasteiger partial charge in [0.05, 0.1) is 0 Å². The van der Waals surface area contributed by atoms with Crippen LogP contribution in [-0.2, 0) is 15.0 Å². The normalized spacial score (nSPS) is 18.1. The zero-order chi connectivity index (χ0) is 10.9. The van der Waals surface area contributed by atoms with E-state index < -0.39 is 0 Å². The Morgan fingerprint density at radius 2 is 1.67 bits per heavy atom. The van der Waals surface area contributed by atoms with Crippen LogP contribution < -0.4 is 5.73 Å². The van der Waals surface area contributed by atoms with E-state index in [9.17, 15) is 0 Å². The summed E-state index contributed by atoms with van der Waals surface area (Å²) in [6, 6.07) is 8.15. The van der Waals surface area contributed by atoms with Gasteiger partial charge >= 0.3 is 0 Å². The Labute approximate surface area is 90.2 Å². The monoisotopic (exact) mass is 207 g/mol. The summed E-state index contributed by atoms with van der Waals surface area (Å²) in [6.07, 6.45) is 1.89. The lowest BCUT2D eigenvalue weighted by molar-refractivity contribution is -0.106. The van der Waals surface area contributed by atoms with E-state index in [1.165, 1.54) is 5.56 Å². The third kappa shape index (κ3) is 2.04. The second-order valence-electron chi connectivity index (χ2n) is 4.08. The summed E-state index contributed by atoms with van der Waals surface area (Å²) in [4.78, 5) is 0. The van der Waals surface area contributed by atoms with Gasteiger partial charge < -0.3 is 15.2 Å². The number of methoxy groups -OCH3 is 2. The third-order valence-electron chi connectivity index (χ3n) is 2.97. The first-order valence-electron chi connectivity index (χ1n) is 5.14. The predicted octanol–water partition coefficient (Wildman–Crippen LogP) is 1.93. The highest BCUT2D eigenvalue weighted by atomic mass is 16.7. The topological polar surface area (TPSA) is 44.5 Å². The van der Waals surface area contributed by atoms with Crippen LogP contribution in [0.4, 0.5) is 0 Å². The van der Waals surface area contributed by atoms with Crippen LogP contribution in [0.25, 0.3) is 0 Å². The Morgan fingerprint density at radius 1 is 1.13 bits per heavy atom. The summed E-state index contributed by atoms with van der Waals surface area (Å²) in [7, 11) is 3.26. The lowest BCUT2D eigenvalue weighted by Gasteiger charge is -2.15. The van der Waals surface area contributed by atoms with E-state index in [4.69, 9.17) is 15.2 Å². The van der Waals surface area contributed by atoms with Crippen molar-refractivity contribution in [3.63, 3.8) is 0 Å². The van der Waals surface area contributed by atoms with Gasteiger partial charge in [-0.15, -0.1) is 0 Å². The van der Waals surface area contributed by atoms with Crippen LogP contribution in [0.2, 0.25) is 0 Å². The lowest BCUT2D eigenvalue weighted by Crippen LogP contribution is -2.18. The van der Waals surface area contributed by atoms with Crippen molar-refractivity contribution in [2.24, 2.45) is 5.73 Å². The molecule has 1 aromatic carbocycles. The van der Waals surface area contributed by atoms with Crippen LogP contribution in [0.1, 0.15) is 30.3 Å². The standard InChI is InChI=1S/C12H17NO2/c1-14-11(15-2)9-3-5-10(6-4-9)12(13)7-8-12/h3-6,11H,7-8,13H2,1-2H3. The summed E-state index contributed by atoms with van der Waals surface area (Å²) in [5, 5.41) is 0. The largest absolute Gasteiger partial charge is 0.352 e. The van der Waals surface area contributed by atoms with Crippen molar-refractivity contribution in [2.75, 3.05) is 14.2 Å². The van der Waals surface area contributed by atoms with E-state index in [-0.39, 0.29) is 11.8 Å². The first kappa shape index (κ1) is 10.6. The van der Waals surface area contributed by atoms with Gasteiger partial charge in [0.1, 0.15) is 0 Å². The molecule has 2 rings (SSSR count). The minimum atomic E-state index is -0.285. The SMILES string of the molecule is COC(OC)c1ccc(C2(N)CC2)cc1. The maximum atomic E-state index is 6.10. The molecule has 82 valence electrons. The maximum Gasteiger partial charge on any atom is 0.183 e. The molecule has 0 heterocycles. The van der Waals surface area contributed by atoms with E-state index in [0.717, 1.165) is 18.4 Å². The molecule has 15 heavy (non-hydrogen) atoms. The van der Waals surface area contributed by atoms with Crippen LogP contribution in [0.5, 0.6) is 0 Å². The van der Waals surface area contributed by atoms with Crippen molar-refractivity contribution in [2.45, 2.75) is 24.7 Å². The maximum absolute atomic E-state index is 6.10. The molecular weight excluding hydrogens is 190 g/mol. The highest BCUT2D eigenvalue weighted by molar-refractivity contribution is 5.32. The number of hydrogen-bond donors (Lipinski definition) is 1. The Bertz CT molecular complexity index is 326. The molecule has 1 saturated carbocycles. The van der Waals surface area contributed by atoms with Crippen LogP contribution in [0, 0.1) is 0 Å². The molecule has 0 amide bonds. The van der Waals surface area contributed by atoms with Crippen LogP contribution in [0.15, 0.2) is 24.3 Å². The Morgan fingerprint density at radius 3 is 2.07 bits per heavy atom. The molecule has 0 saturated heterocycles. The van der Waals surface area contributed by atoms with Gasteiger partial charge in [-0.2, -0.15) is 0 Å². The van der Waals surface area contributed by atoms with Gasteiger partial charge in [-0.05, 0) is 18.4 Å². The number of ether oxygens (including phenoxy) is 2. The molecule has 1 fully saturated rings. The van der Waals surface area contributed by atoms with E-state index in [0.29, 0.717) is 0 Å². The first-order chi connectivity index (χ1) is 7.19. The first-order valence-corrected chi connectivity index (χ1v) is 5.14. The average molecular weight is 207 g/mol. The van der Waals surface area contributed by atoms with E-state index in [1.807, 2.05) is 12.1 Å². The molecule has 3 nitrogen and oxygen atoms in total. The van der Waals surface area contributed by atoms with Crippen molar-refractivity contribution in [3.05, 3.63) is 35.4 Å². The summed E-state index contributed by atoms with van der Waals surface area (Å²) in [5.41, 5.74) is 8.26. The van der Waals surface area contributed by atoms with Crippen LogP contribution in [0.3, 0.4) is 0 Å². The van der Waals surface area contributed by atoms with Gasteiger partial charge in [0.25, 0.3) is 0 Å². The summed E-state index contributed by atoms with van der Waals surface area (Å²) < 4.78 is 10.3. The lowest BCUT2D eigenvalue weighted by atomic mass is 10.0. The Balaban J connectivity index is 2.16. The Kier molecular flexibility index (Phi) is 2.78. The van der Waals surface area contributed by atoms with Crippen molar-refractivity contribution >= 4 is 0 Å². The summed E-state index contributed by atoms with van der Waals surface area (Å²) in [6.45, 7) is 0. The minimum Gasteiger partial charge on any atom is -0.352 e. The highest BCUT2D eigenvalue weighted by Crippen LogP contribution is 2.42.